The fourth-order valence-corrected chi connectivity index (χ4v) is 2.82. The Morgan fingerprint density at radius 1 is 1.03 bits per heavy atom. The number of alkyl halides is 3. The zero-order valence-corrected chi connectivity index (χ0v) is 18.0. The fourth-order valence-electron chi connectivity index (χ4n) is 2.82. The number of halogens is 3. The largest absolute Gasteiger partial charge is 0.455 e. The van der Waals surface area contributed by atoms with Gasteiger partial charge in [-0.3, -0.25) is 9.59 Å². The summed E-state index contributed by atoms with van der Waals surface area (Å²) in [5, 5.41) is 2.56. The van der Waals surface area contributed by atoms with Gasteiger partial charge in [-0.05, 0) is 47.4 Å². The number of carbonyl (C=O) groups excluding carboxylic acids is 2. The predicted molar refractivity (Wildman–Crippen MR) is 115 cm³/mol. The molecule has 0 aliphatic heterocycles. The third-order valence-electron chi connectivity index (χ3n) is 4.59. The monoisotopic (exact) mass is 458 g/mol. The smallest absolute Gasteiger partial charge is 0.433 e. The van der Waals surface area contributed by atoms with Crippen LogP contribution in [0, 0.1) is 0 Å². The van der Waals surface area contributed by atoms with Gasteiger partial charge in [0.05, 0.1) is 11.8 Å². The van der Waals surface area contributed by atoms with Crippen LogP contribution < -0.4 is 15.8 Å². The van der Waals surface area contributed by atoms with Gasteiger partial charge in [-0.1, -0.05) is 32.9 Å². The maximum Gasteiger partial charge on any atom is 0.433 e. The standard InChI is InChI=1S/C23H21F3N4O3/c1-22(2,3)13-7-9-15(21(32)30-19-6-4-5-16(29-19)20(27)31)17(11-13)33-14-8-10-18(28-12-14)23(24,25)26/h4-12H,1-3H3,(H2,27,31)(H,29,30,32). The number of hydrogen-bond donors (Lipinski definition) is 2. The first-order valence-electron chi connectivity index (χ1n) is 9.78. The first-order valence-corrected chi connectivity index (χ1v) is 9.78. The van der Waals surface area contributed by atoms with Crippen LogP contribution in [0.15, 0.2) is 54.7 Å². The molecule has 0 saturated carbocycles. The lowest BCUT2D eigenvalue weighted by Crippen LogP contribution is -2.18. The minimum Gasteiger partial charge on any atom is -0.455 e. The van der Waals surface area contributed by atoms with E-state index in [4.69, 9.17) is 10.5 Å². The maximum atomic E-state index is 12.9. The van der Waals surface area contributed by atoms with E-state index in [9.17, 15) is 22.8 Å². The molecular weight excluding hydrogens is 437 g/mol. The van der Waals surface area contributed by atoms with Gasteiger partial charge in [0.25, 0.3) is 11.8 Å². The van der Waals surface area contributed by atoms with E-state index < -0.39 is 23.7 Å². The van der Waals surface area contributed by atoms with Crippen LogP contribution in [-0.4, -0.2) is 21.8 Å². The molecule has 33 heavy (non-hydrogen) atoms. The van der Waals surface area contributed by atoms with Crippen LogP contribution in [0.4, 0.5) is 19.0 Å². The number of pyridine rings is 2. The van der Waals surface area contributed by atoms with Crippen LogP contribution >= 0.6 is 0 Å². The number of nitrogens with one attached hydrogen (secondary N) is 1. The Hall–Kier alpha value is -3.95. The van der Waals surface area contributed by atoms with Gasteiger partial charge in [0.15, 0.2) is 0 Å². The number of primary amides is 1. The quantitative estimate of drug-likeness (QED) is 0.563. The Kier molecular flexibility index (Phi) is 6.39. The second kappa shape index (κ2) is 8.89. The lowest BCUT2D eigenvalue weighted by molar-refractivity contribution is -0.141. The van der Waals surface area contributed by atoms with Crippen molar-refractivity contribution in [2.24, 2.45) is 5.73 Å². The fraction of sp³-hybridized carbons (Fsp3) is 0.217. The highest BCUT2D eigenvalue weighted by Crippen LogP contribution is 2.33. The zero-order chi connectivity index (χ0) is 24.4. The average molecular weight is 458 g/mol. The van der Waals surface area contributed by atoms with Crippen molar-refractivity contribution in [1.82, 2.24) is 9.97 Å². The van der Waals surface area contributed by atoms with Gasteiger partial charge < -0.3 is 15.8 Å². The summed E-state index contributed by atoms with van der Waals surface area (Å²) in [7, 11) is 0. The summed E-state index contributed by atoms with van der Waals surface area (Å²) < 4.78 is 44.1. The molecule has 3 aromatic rings. The lowest BCUT2D eigenvalue weighted by atomic mass is 9.86. The van der Waals surface area contributed by atoms with Crippen molar-refractivity contribution < 1.29 is 27.5 Å². The molecule has 0 radical (unpaired) electrons. The molecule has 0 bridgehead atoms. The van der Waals surface area contributed by atoms with Crippen LogP contribution in [0.2, 0.25) is 0 Å². The van der Waals surface area contributed by atoms with Gasteiger partial charge in [-0.25, -0.2) is 9.97 Å². The Morgan fingerprint density at radius 2 is 1.76 bits per heavy atom. The number of aromatic nitrogens is 2. The number of amides is 2. The first kappa shape index (κ1) is 23.7. The van der Waals surface area contributed by atoms with Crippen molar-refractivity contribution in [1.29, 1.82) is 0 Å². The van der Waals surface area contributed by atoms with E-state index in [1.807, 2.05) is 20.8 Å². The number of hydrogen-bond acceptors (Lipinski definition) is 5. The van der Waals surface area contributed by atoms with E-state index in [2.05, 4.69) is 15.3 Å². The number of benzene rings is 1. The summed E-state index contributed by atoms with van der Waals surface area (Å²) in [6, 6.07) is 11.2. The third-order valence-corrected chi connectivity index (χ3v) is 4.59. The molecule has 2 aromatic heterocycles. The van der Waals surface area contributed by atoms with Crippen molar-refractivity contribution in [2.45, 2.75) is 32.4 Å². The Labute approximate surface area is 187 Å². The maximum absolute atomic E-state index is 12.9. The number of carbonyl (C=O) groups is 2. The summed E-state index contributed by atoms with van der Waals surface area (Å²) in [5.74, 6) is -1.11. The van der Waals surface area contributed by atoms with Crippen molar-refractivity contribution >= 4 is 17.6 Å². The summed E-state index contributed by atoms with van der Waals surface area (Å²) in [6.45, 7) is 5.89. The van der Waals surface area contributed by atoms with Crippen molar-refractivity contribution in [2.75, 3.05) is 5.32 Å². The van der Waals surface area contributed by atoms with Gasteiger partial charge in [0.2, 0.25) is 0 Å². The minimum absolute atomic E-state index is 0.0248. The summed E-state index contributed by atoms with van der Waals surface area (Å²) in [6.07, 6.45) is -3.64. The molecule has 3 rings (SSSR count). The van der Waals surface area contributed by atoms with E-state index in [0.29, 0.717) is 0 Å². The second-order valence-electron chi connectivity index (χ2n) is 8.17. The summed E-state index contributed by atoms with van der Waals surface area (Å²) >= 11 is 0. The topological polar surface area (TPSA) is 107 Å². The normalized spacial score (nSPS) is 11.7. The molecule has 0 unspecified atom stereocenters. The molecule has 7 nitrogen and oxygen atoms in total. The van der Waals surface area contributed by atoms with Gasteiger partial charge in [-0.15, -0.1) is 0 Å². The molecule has 0 aliphatic carbocycles. The number of ether oxygens (including phenoxy) is 1. The van der Waals surface area contributed by atoms with Crippen LogP contribution in [0.1, 0.15) is 52.9 Å². The van der Waals surface area contributed by atoms with Crippen molar-refractivity contribution in [3.63, 3.8) is 0 Å². The van der Waals surface area contributed by atoms with Crippen molar-refractivity contribution in [3.05, 3.63) is 77.2 Å². The lowest BCUT2D eigenvalue weighted by Gasteiger charge is -2.21. The summed E-state index contributed by atoms with van der Waals surface area (Å²) in [4.78, 5) is 31.6. The van der Waals surface area contributed by atoms with Gasteiger partial charge in [0, 0.05) is 0 Å². The number of nitrogens with two attached hydrogens (primary N) is 1. The van der Waals surface area contributed by atoms with E-state index in [1.165, 1.54) is 18.2 Å². The molecule has 0 saturated heterocycles. The Morgan fingerprint density at radius 3 is 2.33 bits per heavy atom. The minimum atomic E-state index is -4.58. The molecule has 0 fully saturated rings. The van der Waals surface area contributed by atoms with Gasteiger partial charge in [-0.2, -0.15) is 13.2 Å². The van der Waals surface area contributed by atoms with E-state index >= 15 is 0 Å². The third kappa shape index (κ3) is 5.85. The molecule has 0 aliphatic rings. The van der Waals surface area contributed by atoms with Crippen LogP contribution in [0.25, 0.3) is 0 Å². The van der Waals surface area contributed by atoms with Gasteiger partial charge >= 0.3 is 6.18 Å². The molecule has 2 amide bonds. The molecule has 0 atom stereocenters. The molecular formula is C23H21F3N4O3. The van der Waals surface area contributed by atoms with Crippen LogP contribution in [-0.2, 0) is 11.6 Å². The summed E-state index contributed by atoms with van der Waals surface area (Å²) in [5.41, 5.74) is 4.79. The zero-order valence-electron chi connectivity index (χ0n) is 18.0. The second-order valence-corrected chi connectivity index (χ2v) is 8.17. The Bertz CT molecular complexity index is 1190. The molecule has 1 aromatic carbocycles. The molecule has 0 spiro atoms. The number of anilines is 1. The van der Waals surface area contributed by atoms with Gasteiger partial charge in [0.1, 0.15) is 28.7 Å². The Balaban J connectivity index is 1.95. The van der Waals surface area contributed by atoms with Crippen LogP contribution in [0.3, 0.4) is 0 Å². The highest BCUT2D eigenvalue weighted by Gasteiger charge is 2.32. The van der Waals surface area contributed by atoms with Crippen LogP contribution in [0.5, 0.6) is 11.5 Å². The molecule has 3 N–H and O–H groups in total. The first-order chi connectivity index (χ1) is 15.3. The molecule has 10 heteroatoms. The highest BCUT2D eigenvalue weighted by atomic mass is 19.4. The molecule has 172 valence electrons. The van der Waals surface area contributed by atoms with E-state index in [1.54, 1.807) is 18.2 Å². The van der Waals surface area contributed by atoms with E-state index in [-0.39, 0.29) is 34.0 Å². The molecule has 2 heterocycles. The highest BCUT2D eigenvalue weighted by molar-refractivity contribution is 6.06. The predicted octanol–water partition coefficient (Wildman–Crippen LogP) is 4.94. The number of rotatable bonds is 5. The SMILES string of the molecule is CC(C)(C)c1ccc(C(=O)Nc2cccc(C(N)=O)n2)c(Oc2ccc(C(F)(F)F)nc2)c1. The average Bonchev–Trinajstić information content (AvgIpc) is 2.73. The number of nitrogens with zero attached hydrogens (tertiary/aromatic N) is 2. The van der Waals surface area contributed by atoms with E-state index in [0.717, 1.165) is 23.9 Å². The van der Waals surface area contributed by atoms with Crippen molar-refractivity contribution in [3.8, 4) is 11.5 Å².